The standard InChI is InChI=1S/C20H35F3N2O/c1-5-7-9-11-13-15-19(3,14-12-10-8-6-2)25-16-17(20(21,22)23)18(24-25)26-4/h16H,5-15H2,1-4H3. The fourth-order valence-electron chi connectivity index (χ4n) is 3.38. The summed E-state index contributed by atoms with van der Waals surface area (Å²) in [6, 6.07) is 0. The quantitative estimate of drug-likeness (QED) is 0.348. The van der Waals surface area contributed by atoms with Crippen molar-refractivity contribution < 1.29 is 17.9 Å². The molecule has 0 spiro atoms. The number of hydrogen-bond acceptors (Lipinski definition) is 2. The summed E-state index contributed by atoms with van der Waals surface area (Å²) in [5, 5.41) is 4.16. The van der Waals surface area contributed by atoms with E-state index in [9.17, 15) is 13.2 Å². The van der Waals surface area contributed by atoms with E-state index in [1.807, 2.05) is 6.92 Å². The van der Waals surface area contributed by atoms with Gasteiger partial charge in [-0.15, -0.1) is 5.10 Å². The summed E-state index contributed by atoms with van der Waals surface area (Å²) in [6.07, 6.45) is 8.45. The second-order valence-corrected chi connectivity index (χ2v) is 7.47. The normalized spacial score (nSPS) is 14.4. The van der Waals surface area contributed by atoms with Crippen molar-refractivity contribution in [2.45, 2.75) is 103 Å². The molecule has 152 valence electrons. The van der Waals surface area contributed by atoms with Crippen LogP contribution in [0, 0.1) is 0 Å². The van der Waals surface area contributed by atoms with Crippen molar-refractivity contribution in [3.05, 3.63) is 11.8 Å². The first-order chi connectivity index (χ1) is 12.3. The Morgan fingerprint density at radius 2 is 1.42 bits per heavy atom. The predicted octanol–water partition coefficient (Wildman–Crippen LogP) is 6.96. The first-order valence-corrected chi connectivity index (χ1v) is 9.99. The van der Waals surface area contributed by atoms with E-state index >= 15 is 0 Å². The van der Waals surface area contributed by atoms with Crippen molar-refractivity contribution in [1.29, 1.82) is 0 Å². The molecule has 0 aliphatic rings. The smallest absolute Gasteiger partial charge is 0.423 e. The molecule has 26 heavy (non-hydrogen) atoms. The Morgan fingerprint density at radius 1 is 0.923 bits per heavy atom. The minimum Gasteiger partial charge on any atom is -0.480 e. The van der Waals surface area contributed by atoms with Crippen LogP contribution in [0.15, 0.2) is 6.20 Å². The number of nitrogens with zero attached hydrogens (tertiary/aromatic N) is 2. The largest absolute Gasteiger partial charge is 0.480 e. The first-order valence-electron chi connectivity index (χ1n) is 9.99. The summed E-state index contributed by atoms with van der Waals surface area (Å²) in [5.41, 5.74) is -1.19. The van der Waals surface area contributed by atoms with Gasteiger partial charge in [-0.1, -0.05) is 71.6 Å². The lowest BCUT2D eigenvalue weighted by Gasteiger charge is -2.30. The van der Waals surface area contributed by atoms with Gasteiger partial charge in [-0.2, -0.15) is 13.2 Å². The lowest BCUT2D eigenvalue weighted by Crippen LogP contribution is -2.31. The van der Waals surface area contributed by atoms with Crippen LogP contribution in [0.3, 0.4) is 0 Å². The van der Waals surface area contributed by atoms with Crippen LogP contribution in [-0.2, 0) is 11.7 Å². The SMILES string of the molecule is CCCCCCCC(C)(CCCCCC)n1cc(C(F)(F)F)c(OC)n1. The lowest BCUT2D eigenvalue weighted by molar-refractivity contribution is -0.138. The maximum absolute atomic E-state index is 13.2. The molecule has 0 aliphatic heterocycles. The van der Waals surface area contributed by atoms with Crippen LogP contribution in [0.5, 0.6) is 5.88 Å². The number of unbranched alkanes of at least 4 members (excludes halogenated alkanes) is 7. The van der Waals surface area contributed by atoms with Gasteiger partial charge in [0.05, 0.1) is 12.6 Å². The van der Waals surface area contributed by atoms with E-state index in [-0.39, 0.29) is 5.88 Å². The number of ether oxygens (including phenoxy) is 1. The molecule has 1 aromatic rings. The van der Waals surface area contributed by atoms with Crippen molar-refractivity contribution in [1.82, 2.24) is 9.78 Å². The fraction of sp³-hybridized carbons (Fsp3) is 0.850. The minimum atomic E-state index is -4.45. The number of hydrogen-bond donors (Lipinski definition) is 0. The van der Waals surface area contributed by atoms with Crippen molar-refractivity contribution in [2.75, 3.05) is 7.11 Å². The number of alkyl halides is 3. The van der Waals surface area contributed by atoms with Gasteiger partial charge in [0.1, 0.15) is 5.56 Å². The lowest BCUT2D eigenvalue weighted by atomic mass is 9.88. The van der Waals surface area contributed by atoms with Gasteiger partial charge in [-0.05, 0) is 19.8 Å². The summed E-state index contributed by atoms with van der Waals surface area (Å²) in [4.78, 5) is 0. The Bertz CT molecular complexity index is 514. The van der Waals surface area contributed by atoms with Crippen molar-refractivity contribution in [3.63, 3.8) is 0 Å². The van der Waals surface area contributed by atoms with E-state index in [1.54, 1.807) is 0 Å². The highest BCUT2D eigenvalue weighted by molar-refractivity contribution is 5.27. The molecule has 1 aromatic heterocycles. The average Bonchev–Trinajstić information content (AvgIpc) is 3.04. The number of methoxy groups -OCH3 is 1. The molecule has 0 radical (unpaired) electrons. The van der Waals surface area contributed by atoms with E-state index in [4.69, 9.17) is 4.74 Å². The number of rotatable bonds is 13. The van der Waals surface area contributed by atoms with E-state index in [2.05, 4.69) is 18.9 Å². The monoisotopic (exact) mass is 376 g/mol. The van der Waals surface area contributed by atoms with Gasteiger partial charge in [-0.25, -0.2) is 0 Å². The van der Waals surface area contributed by atoms with Crippen LogP contribution in [0.4, 0.5) is 13.2 Å². The summed E-state index contributed by atoms with van der Waals surface area (Å²) in [5.74, 6) is -0.330. The van der Waals surface area contributed by atoms with E-state index < -0.39 is 17.3 Å². The van der Waals surface area contributed by atoms with Crippen molar-refractivity contribution in [3.8, 4) is 5.88 Å². The number of aromatic nitrogens is 2. The average molecular weight is 377 g/mol. The third kappa shape index (κ3) is 6.84. The maximum atomic E-state index is 13.2. The van der Waals surface area contributed by atoms with Crippen LogP contribution >= 0.6 is 0 Å². The van der Waals surface area contributed by atoms with Crippen molar-refractivity contribution >= 4 is 0 Å². The van der Waals surface area contributed by atoms with Crippen LogP contribution in [0.25, 0.3) is 0 Å². The van der Waals surface area contributed by atoms with Crippen LogP contribution in [-0.4, -0.2) is 16.9 Å². The minimum absolute atomic E-state index is 0.330. The molecule has 0 N–H and O–H groups in total. The Morgan fingerprint density at radius 3 is 1.85 bits per heavy atom. The zero-order valence-electron chi connectivity index (χ0n) is 16.8. The second-order valence-electron chi connectivity index (χ2n) is 7.47. The molecule has 0 fully saturated rings. The fourth-order valence-corrected chi connectivity index (χ4v) is 3.38. The van der Waals surface area contributed by atoms with Gasteiger partial charge in [0.25, 0.3) is 0 Å². The Balaban J connectivity index is 2.93. The van der Waals surface area contributed by atoms with Gasteiger partial charge in [0, 0.05) is 6.20 Å². The Hall–Kier alpha value is -1.20. The Labute approximate surface area is 156 Å². The van der Waals surface area contributed by atoms with Crippen LogP contribution < -0.4 is 4.74 Å². The molecule has 0 aromatic carbocycles. The van der Waals surface area contributed by atoms with E-state index in [0.717, 1.165) is 57.6 Å². The molecule has 1 atom stereocenters. The predicted molar refractivity (Wildman–Crippen MR) is 99.6 cm³/mol. The highest BCUT2D eigenvalue weighted by Gasteiger charge is 2.39. The molecular formula is C20H35F3N2O. The zero-order valence-corrected chi connectivity index (χ0v) is 16.8. The van der Waals surface area contributed by atoms with Gasteiger partial charge < -0.3 is 4.74 Å². The summed E-state index contributed by atoms with van der Waals surface area (Å²) >= 11 is 0. The van der Waals surface area contributed by atoms with Gasteiger partial charge in [0.2, 0.25) is 5.88 Å². The topological polar surface area (TPSA) is 27.1 Å². The number of halogens is 3. The molecule has 0 saturated heterocycles. The third-order valence-electron chi connectivity index (χ3n) is 5.12. The summed E-state index contributed by atoms with van der Waals surface area (Å²) < 4.78 is 46.2. The first kappa shape index (κ1) is 22.8. The highest BCUT2D eigenvalue weighted by atomic mass is 19.4. The van der Waals surface area contributed by atoms with Crippen LogP contribution in [0.2, 0.25) is 0 Å². The zero-order chi connectivity index (χ0) is 19.6. The second kappa shape index (κ2) is 10.8. The molecule has 6 heteroatoms. The van der Waals surface area contributed by atoms with Crippen LogP contribution in [0.1, 0.15) is 97.0 Å². The Kier molecular flexibility index (Phi) is 9.51. The molecular weight excluding hydrogens is 341 g/mol. The molecule has 1 unspecified atom stereocenters. The third-order valence-corrected chi connectivity index (χ3v) is 5.12. The maximum Gasteiger partial charge on any atom is 0.423 e. The molecule has 1 rings (SSSR count). The highest BCUT2D eigenvalue weighted by Crippen LogP contribution is 2.38. The molecule has 1 heterocycles. The molecule has 3 nitrogen and oxygen atoms in total. The van der Waals surface area contributed by atoms with E-state index in [0.29, 0.717) is 0 Å². The molecule has 0 amide bonds. The van der Waals surface area contributed by atoms with Gasteiger partial charge in [0.15, 0.2) is 0 Å². The van der Waals surface area contributed by atoms with Gasteiger partial charge >= 0.3 is 6.18 Å². The summed E-state index contributed by atoms with van der Waals surface area (Å²) in [7, 11) is 1.24. The summed E-state index contributed by atoms with van der Waals surface area (Å²) in [6.45, 7) is 6.36. The molecule has 0 aliphatic carbocycles. The molecule has 0 bridgehead atoms. The van der Waals surface area contributed by atoms with Gasteiger partial charge in [-0.3, -0.25) is 4.68 Å². The molecule has 0 saturated carbocycles. The van der Waals surface area contributed by atoms with E-state index in [1.165, 1.54) is 31.1 Å². The van der Waals surface area contributed by atoms with Crippen molar-refractivity contribution in [2.24, 2.45) is 0 Å².